The molecule has 0 saturated heterocycles. The van der Waals surface area contributed by atoms with E-state index in [9.17, 15) is 0 Å². The number of hydrazine groups is 1. The predicted octanol–water partition coefficient (Wildman–Crippen LogP) is 2.36. The van der Waals surface area contributed by atoms with Crippen molar-refractivity contribution in [2.45, 2.75) is 31.7 Å². The Kier molecular flexibility index (Phi) is 2.60. The molecule has 3 N–H and O–H groups in total. The minimum atomic E-state index is 0.520. The second-order valence-corrected chi connectivity index (χ2v) is 6.38. The molecule has 2 saturated carbocycles. The molecular formula is C13H17N5S. The number of fused-ring (bicyclic) bond motifs is 1. The first-order valence-corrected chi connectivity index (χ1v) is 7.71. The molecule has 2 aliphatic rings. The van der Waals surface area contributed by atoms with E-state index in [2.05, 4.69) is 31.7 Å². The molecule has 0 aliphatic heterocycles. The normalized spacial score (nSPS) is 18.8. The van der Waals surface area contributed by atoms with Crippen LogP contribution in [0.3, 0.4) is 0 Å². The summed E-state index contributed by atoms with van der Waals surface area (Å²) in [5, 5.41) is 3.24. The van der Waals surface area contributed by atoms with E-state index >= 15 is 0 Å². The number of rotatable bonds is 5. The molecule has 6 heteroatoms. The maximum Gasteiger partial charge on any atom is 0.240 e. The number of thiophene rings is 1. The molecular weight excluding hydrogens is 258 g/mol. The molecule has 4 rings (SSSR count). The Morgan fingerprint density at radius 2 is 2.16 bits per heavy atom. The van der Waals surface area contributed by atoms with Crippen LogP contribution in [-0.2, 0) is 0 Å². The summed E-state index contributed by atoms with van der Waals surface area (Å²) in [6, 6.07) is 2.79. The summed E-state index contributed by atoms with van der Waals surface area (Å²) in [6.45, 7) is 1.14. The van der Waals surface area contributed by atoms with Gasteiger partial charge in [0, 0.05) is 12.6 Å². The third kappa shape index (κ3) is 2.15. The van der Waals surface area contributed by atoms with Gasteiger partial charge in [0.05, 0.1) is 5.39 Å². The van der Waals surface area contributed by atoms with Crippen molar-refractivity contribution in [3.63, 3.8) is 0 Å². The van der Waals surface area contributed by atoms with Crippen molar-refractivity contribution >= 4 is 33.3 Å². The third-order valence-electron chi connectivity index (χ3n) is 3.85. The third-order valence-corrected chi connectivity index (χ3v) is 4.65. The number of aromatic nitrogens is 2. The number of nitrogens with zero attached hydrogens (tertiary/aromatic N) is 3. The van der Waals surface area contributed by atoms with Gasteiger partial charge in [-0.15, -0.1) is 11.3 Å². The fraction of sp³-hybridized carbons (Fsp3) is 0.538. The Morgan fingerprint density at radius 3 is 2.84 bits per heavy atom. The average Bonchev–Trinajstić information content (AvgIpc) is 3.33. The van der Waals surface area contributed by atoms with E-state index in [1.165, 1.54) is 25.7 Å². The van der Waals surface area contributed by atoms with Crippen molar-refractivity contribution in [2.75, 3.05) is 16.9 Å². The summed E-state index contributed by atoms with van der Waals surface area (Å²) in [6.07, 6.45) is 5.30. The van der Waals surface area contributed by atoms with Gasteiger partial charge < -0.3 is 4.90 Å². The number of nitrogens with two attached hydrogens (primary N) is 1. The Balaban J connectivity index is 1.79. The fourth-order valence-electron chi connectivity index (χ4n) is 2.50. The number of hydrogen-bond acceptors (Lipinski definition) is 6. The molecule has 0 unspecified atom stereocenters. The molecule has 2 fully saturated rings. The zero-order chi connectivity index (χ0) is 12.8. The minimum Gasteiger partial charge on any atom is -0.353 e. The highest BCUT2D eigenvalue weighted by Crippen LogP contribution is 2.40. The molecule has 0 bridgehead atoms. The molecule has 0 radical (unpaired) electrons. The summed E-state index contributed by atoms with van der Waals surface area (Å²) in [4.78, 5) is 12.5. The highest BCUT2D eigenvalue weighted by atomic mass is 32.1. The first-order chi connectivity index (χ1) is 9.35. The Labute approximate surface area is 115 Å². The average molecular weight is 275 g/mol. The minimum absolute atomic E-state index is 0.520. The summed E-state index contributed by atoms with van der Waals surface area (Å²) < 4.78 is 0. The first kappa shape index (κ1) is 11.4. The molecule has 2 aliphatic carbocycles. The molecule has 2 aromatic rings. The van der Waals surface area contributed by atoms with Crippen LogP contribution in [0.5, 0.6) is 0 Å². The number of nitrogen functional groups attached to an aromatic ring is 1. The second kappa shape index (κ2) is 4.31. The largest absolute Gasteiger partial charge is 0.353 e. The maximum absolute atomic E-state index is 5.50. The van der Waals surface area contributed by atoms with Crippen molar-refractivity contribution in [3.05, 3.63) is 11.4 Å². The fourth-order valence-corrected chi connectivity index (χ4v) is 3.26. The Hall–Kier alpha value is -1.40. The molecule has 0 aromatic carbocycles. The van der Waals surface area contributed by atoms with Crippen molar-refractivity contribution < 1.29 is 0 Å². The van der Waals surface area contributed by atoms with E-state index < -0.39 is 0 Å². The van der Waals surface area contributed by atoms with Crippen LogP contribution in [0.2, 0.25) is 0 Å². The molecule has 0 spiro atoms. The first-order valence-electron chi connectivity index (χ1n) is 6.83. The Bertz CT molecular complexity index is 602. The van der Waals surface area contributed by atoms with Gasteiger partial charge in [-0.25, -0.2) is 10.8 Å². The van der Waals surface area contributed by atoms with E-state index in [-0.39, 0.29) is 0 Å². The van der Waals surface area contributed by atoms with Crippen LogP contribution in [0, 0.1) is 5.92 Å². The van der Waals surface area contributed by atoms with E-state index in [0.29, 0.717) is 12.0 Å². The lowest BCUT2D eigenvalue weighted by Gasteiger charge is -2.24. The highest BCUT2D eigenvalue weighted by Gasteiger charge is 2.35. The molecule has 0 amide bonds. The van der Waals surface area contributed by atoms with E-state index in [4.69, 9.17) is 5.84 Å². The van der Waals surface area contributed by atoms with Crippen molar-refractivity contribution in [2.24, 2.45) is 11.8 Å². The summed E-state index contributed by atoms with van der Waals surface area (Å²) in [5.74, 6) is 7.94. The Morgan fingerprint density at radius 1 is 1.32 bits per heavy atom. The van der Waals surface area contributed by atoms with Gasteiger partial charge in [-0.3, -0.25) is 5.43 Å². The lowest BCUT2D eigenvalue weighted by atomic mass is 10.3. The van der Waals surface area contributed by atoms with E-state index in [1.54, 1.807) is 11.3 Å². The number of nitrogens with one attached hydrogen (secondary N) is 1. The molecule has 0 atom stereocenters. The SMILES string of the molecule is NNc1nc(N(CC2CC2)C2CC2)c2ccsc2n1. The lowest BCUT2D eigenvalue weighted by Crippen LogP contribution is -2.29. The van der Waals surface area contributed by atoms with Gasteiger partial charge in [0.2, 0.25) is 5.95 Å². The molecule has 2 heterocycles. The van der Waals surface area contributed by atoms with Crippen LogP contribution in [0.25, 0.3) is 10.2 Å². The quantitative estimate of drug-likeness (QED) is 0.647. The highest BCUT2D eigenvalue weighted by molar-refractivity contribution is 7.16. The number of hydrogen-bond donors (Lipinski definition) is 2. The van der Waals surface area contributed by atoms with Gasteiger partial charge in [0.25, 0.3) is 0 Å². The predicted molar refractivity (Wildman–Crippen MR) is 78.3 cm³/mol. The van der Waals surface area contributed by atoms with Gasteiger partial charge in [-0.05, 0) is 43.0 Å². The standard InChI is InChI=1S/C13H17N5S/c14-17-13-15-11(10-5-6-19-12(10)16-13)18(9-3-4-9)7-8-1-2-8/h5-6,8-9H,1-4,7,14H2,(H,15,16,17). The van der Waals surface area contributed by atoms with Crippen molar-refractivity contribution in [1.82, 2.24) is 9.97 Å². The van der Waals surface area contributed by atoms with Gasteiger partial charge >= 0.3 is 0 Å². The van der Waals surface area contributed by atoms with Crippen molar-refractivity contribution in [3.8, 4) is 0 Å². The second-order valence-electron chi connectivity index (χ2n) is 5.48. The molecule has 5 nitrogen and oxygen atoms in total. The summed E-state index contributed by atoms with van der Waals surface area (Å²) in [7, 11) is 0. The zero-order valence-electron chi connectivity index (χ0n) is 10.7. The maximum atomic E-state index is 5.50. The van der Waals surface area contributed by atoms with Gasteiger partial charge in [0.1, 0.15) is 10.6 Å². The van der Waals surface area contributed by atoms with Crippen LogP contribution in [0.15, 0.2) is 11.4 Å². The monoisotopic (exact) mass is 275 g/mol. The smallest absolute Gasteiger partial charge is 0.240 e. The van der Waals surface area contributed by atoms with E-state index in [1.807, 2.05) is 0 Å². The lowest BCUT2D eigenvalue weighted by molar-refractivity contribution is 0.711. The molecule has 19 heavy (non-hydrogen) atoms. The van der Waals surface area contributed by atoms with Crippen LogP contribution in [0.4, 0.5) is 11.8 Å². The number of anilines is 2. The summed E-state index contributed by atoms with van der Waals surface area (Å²) >= 11 is 1.64. The van der Waals surface area contributed by atoms with Gasteiger partial charge in [-0.1, -0.05) is 0 Å². The van der Waals surface area contributed by atoms with Gasteiger partial charge in [0.15, 0.2) is 0 Å². The molecule has 100 valence electrons. The van der Waals surface area contributed by atoms with Crippen LogP contribution < -0.4 is 16.2 Å². The van der Waals surface area contributed by atoms with Crippen molar-refractivity contribution in [1.29, 1.82) is 0 Å². The zero-order valence-corrected chi connectivity index (χ0v) is 11.5. The van der Waals surface area contributed by atoms with Crippen LogP contribution in [0.1, 0.15) is 25.7 Å². The van der Waals surface area contributed by atoms with Crippen LogP contribution >= 0.6 is 11.3 Å². The van der Waals surface area contributed by atoms with Gasteiger partial charge in [-0.2, -0.15) is 4.98 Å². The summed E-state index contributed by atoms with van der Waals surface area (Å²) in [5.41, 5.74) is 2.59. The topological polar surface area (TPSA) is 67.1 Å². The molecule has 2 aromatic heterocycles. The van der Waals surface area contributed by atoms with E-state index in [0.717, 1.165) is 28.5 Å². The van der Waals surface area contributed by atoms with Crippen LogP contribution in [-0.4, -0.2) is 22.6 Å².